The maximum atomic E-state index is 9.70. The Kier molecular flexibility index (Phi) is 3.72. The first-order chi connectivity index (χ1) is 12.7. The Morgan fingerprint density at radius 2 is 1.92 bits per heavy atom. The topological polar surface area (TPSA) is 80.8 Å². The van der Waals surface area contributed by atoms with Gasteiger partial charge < -0.3 is 15.0 Å². The van der Waals surface area contributed by atoms with Crippen molar-refractivity contribution in [2.24, 2.45) is 0 Å². The molecule has 2 aromatic carbocycles. The minimum Gasteiger partial charge on any atom is -0.393 e. The molecule has 4 aromatic rings. The van der Waals surface area contributed by atoms with Crippen LogP contribution in [0.15, 0.2) is 40.9 Å². The number of aromatic amines is 2. The summed E-state index contributed by atoms with van der Waals surface area (Å²) in [6.45, 7) is 1.76. The van der Waals surface area contributed by atoms with Gasteiger partial charge in [-0.15, -0.1) is 0 Å². The van der Waals surface area contributed by atoms with Crippen LogP contribution in [0.2, 0.25) is 0 Å². The molecular weight excluding hydrogens is 394 g/mol. The number of anilines is 1. The number of aromatic nitrogens is 4. The van der Waals surface area contributed by atoms with Crippen molar-refractivity contribution < 1.29 is 5.11 Å². The summed E-state index contributed by atoms with van der Waals surface area (Å²) < 4.78 is 1.01. The molecule has 0 atom stereocenters. The second-order valence-corrected chi connectivity index (χ2v) is 7.68. The van der Waals surface area contributed by atoms with E-state index in [1.54, 1.807) is 0 Å². The third-order valence-corrected chi connectivity index (χ3v) is 5.54. The van der Waals surface area contributed by atoms with E-state index in [0.717, 1.165) is 69.5 Å². The third-order valence-electron chi connectivity index (χ3n) is 5.04. The Morgan fingerprint density at radius 1 is 1.08 bits per heavy atom. The van der Waals surface area contributed by atoms with Gasteiger partial charge in [0.15, 0.2) is 5.82 Å². The molecule has 1 aliphatic heterocycles. The van der Waals surface area contributed by atoms with Crippen LogP contribution in [0.25, 0.3) is 33.5 Å². The summed E-state index contributed by atoms with van der Waals surface area (Å²) in [6, 6.07) is 12.3. The van der Waals surface area contributed by atoms with Crippen LogP contribution in [0, 0.1) is 0 Å². The van der Waals surface area contributed by atoms with Gasteiger partial charge in [0.05, 0.1) is 22.7 Å². The Hall–Kier alpha value is -2.38. The number of imidazole rings is 1. The molecule has 132 valence electrons. The van der Waals surface area contributed by atoms with Gasteiger partial charge in [0.2, 0.25) is 0 Å². The normalized spacial score (nSPS) is 16.0. The number of nitrogens with zero attached hydrogens (tertiary/aromatic N) is 3. The summed E-state index contributed by atoms with van der Waals surface area (Å²) in [6.07, 6.45) is 1.47. The average molecular weight is 412 g/mol. The zero-order valence-electron chi connectivity index (χ0n) is 14.0. The highest BCUT2D eigenvalue weighted by Crippen LogP contribution is 2.30. The molecule has 3 N–H and O–H groups in total. The van der Waals surface area contributed by atoms with E-state index < -0.39 is 0 Å². The number of rotatable bonds is 2. The quantitative estimate of drug-likeness (QED) is 0.468. The lowest BCUT2D eigenvalue weighted by Gasteiger charge is -2.31. The highest BCUT2D eigenvalue weighted by Gasteiger charge is 2.18. The summed E-state index contributed by atoms with van der Waals surface area (Å²) >= 11 is 3.52. The van der Waals surface area contributed by atoms with Gasteiger partial charge in [-0.2, -0.15) is 5.10 Å². The number of fused-ring (bicyclic) bond motifs is 2. The molecule has 0 unspecified atom stereocenters. The van der Waals surface area contributed by atoms with E-state index in [1.165, 1.54) is 0 Å². The van der Waals surface area contributed by atoms with Crippen molar-refractivity contribution in [3.63, 3.8) is 0 Å². The van der Waals surface area contributed by atoms with E-state index in [9.17, 15) is 5.11 Å². The lowest BCUT2D eigenvalue weighted by molar-refractivity contribution is 0.145. The van der Waals surface area contributed by atoms with Crippen LogP contribution in [-0.4, -0.2) is 44.5 Å². The number of aliphatic hydroxyl groups is 1. The zero-order valence-corrected chi connectivity index (χ0v) is 15.6. The van der Waals surface area contributed by atoms with Crippen molar-refractivity contribution in [3.8, 4) is 11.5 Å². The van der Waals surface area contributed by atoms with Crippen molar-refractivity contribution in [2.75, 3.05) is 18.0 Å². The lowest BCUT2D eigenvalue weighted by atomic mass is 10.1. The summed E-state index contributed by atoms with van der Waals surface area (Å²) in [7, 11) is 0. The van der Waals surface area contributed by atoms with Crippen LogP contribution >= 0.6 is 15.9 Å². The number of hydrogen-bond acceptors (Lipinski definition) is 4. The van der Waals surface area contributed by atoms with E-state index in [0.29, 0.717) is 0 Å². The maximum absolute atomic E-state index is 9.70. The van der Waals surface area contributed by atoms with Gasteiger partial charge in [0, 0.05) is 28.6 Å². The fourth-order valence-corrected chi connectivity index (χ4v) is 3.96. The molecule has 0 amide bonds. The zero-order chi connectivity index (χ0) is 17.7. The first-order valence-electron chi connectivity index (χ1n) is 8.74. The maximum Gasteiger partial charge on any atom is 0.159 e. The van der Waals surface area contributed by atoms with Gasteiger partial charge in [-0.25, -0.2) is 4.98 Å². The van der Waals surface area contributed by atoms with Crippen LogP contribution in [0.4, 0.5) is 5.69 Å². The number of hydrogen-bond donors (Lipinski definition) is 3. The average Bonchev–Trinajstić information content (AvgIpc) is 3.24. The van der Waals surface area contributed by atoms with E-state index in [-0.39, 0.29) is 6.10 Å². The van der Waals surface area contributed by atoms with Crippen molar-refractivity contribution in [1.82, 2.24) is 20.2 Å². The summed E-state index contributed by atoms with van der Waals surface area (Å²) in [5, 5.41) is 18.2. The second kappa shape index (κ2) is 6.10. The monoisotopic (exact) mass is 411 g/mol. The van der Waals surface area contributed by atoms with Crippen LogP contribution in [-0.2, 0) is 0 Å². The first-order valence-corrected chi connectivity index (χ1v) is 9.53. The highest BCUT2D eigenvalue weighted by atomic mass is 79.9. The van der Waals surface area contributed by atoms with Crippen molar-refractivity contribution in [2.45, 2.75) is 18.9 Å². The molecule has 0 saturated carbocycles. The molecule has 0 bridgehead atoms. The van der Waals surface area contributed by atoms with Crippen LogP contribution in [0.3, 0.4) is 0 Å². The number of piperidine rings is 1. The molecule has 3 heterocycles. The minimum absolute atomic E-state index is 0.166. The molecule has 0 aliphatic carbocycles. The molecule has 1 saturated heterocycles. The van der Waals surface area contributed by atoms with Crippen molar-refractivity contribution >= 4 is 43.6 Å². The smallest absolute Gasteiger partial charge is 0.159 e. The van der Waals surface area contributed by atoms with Gasteiger partial charge in [0.1, 0.15) is 5.69 Å². The largest absolute Gasteiger partial charge is 0.393 e. The number of H-pyrrole nitrogens is 2. The Morgan fingerprint density at radius 3 is 2.77 bits per heavy atom. The molecule has 26 heavy (non-hydrogen) atoms. The molecule has 0 spiro atoms. The lowest BCUT2D eigenvalue weighted by Crippen LogP contribution is -2.35. The summed E-state index contributed by atoms with van der Waals surface area (Å²) in [5.41, 5.74) is 4.88. The van der Waals surface area contributed by atoms with Gasteiger partial charge in [-0.3, -0.25) is 5.10 Å². The SMILES string of the molecule is OC1CCN(c2ccc3nc(-c4n[nH]c5ccc(Br)cc45)[nH]c3c2)CC1. The first kappa shape index (κ1) is 15.8. The van der Waals surface area contributed by atoms with Gasteiger partial charge in [-0.05, 0) is 49.2 Å². The molecule has 0 radical (unpaired) electrons. The van der Waals surface area contributed by atoms with Gasteiger partial charge in [0.25, 0.3) is 0 Å². The standard InChI is InChI=1S/C19H18BrN5O/c20-11-1-3-15-14(9-11)18(24-23-15)19-21-16-4-2-12(10-17(16)22-19)25-7-5-13(26)6-8-25/h1-4,9-10,13,26H,5-8H2,(H,21,22)(H,23,24). The van der Waals surface area contributed by atoms with Crippen molar-refractivity contribution in [3.05, 3.63) is 40.9 Å². The van der Waals surface area contributed by atoms with E-state index in [2.05, 4.69) is 48.1 Å². The predicted molar refractivity (Wildman–Crippen MR) is 106 cm³/mol. The van der Waals surface area contributed by atoms with Crippen LogP contribution in [0.1, 0.15) is 12.8 Å². The molecule has 2 aromatic heterocycles. The number of nitrogens with one attached hydrogen (secondary N) is 2. The molecule has 6 nitrogen and oxygen atoms in total. The van der Waals surface area contributed by atoms with Gasteiger partial charge in [-0.1, -0.05) is 15.9 Å². The van der Waals surface area contributed by atoms with E-state index >= 15 is 0 Å². The third kappa shape index (κ3) is 2.68. The van der Waals surface area contributed by atoms with E-state index in [4.69, 9.17) is 4.98 Å². The molecule has 5 rings (SSSR count). The van der Waals surface area contributed by atoms with Gasteiger partial charge >= 0.3 is 0 Å². The fourth-order valence-electron chi connectivity index (χ4n) is 3.60. The summed E-state index contributed by atoms with van der Waals surface area (Å²) in [4.78, 5) is 10.4. The predicted octanol–water partition coefficient (Wildman–Crippen LogP) is 3.83. The molecule has 1 aliphatic rings. The molecule has 7 heteroatoms. The van der Waals surface area contributed by atoms with Crippen molar-refractivity contribution in [1.29, 1.82) is 0 Å². The highest BCUT2D eigenvalue weighted by molar-refractivity contribution is 9.10. The Balaban J connectivity index is 1.54. The number of halogens is 1. The van der Waals surface area contributed by atoms with Crippen LogP contribution in [0.5, 0.6) is 0 Å². The molecule has 1 fully saturated rings. The number of benzene rings is 2. The molecular formula is C19H18BrN5O. The van der Waals surface area contributed by atoms with E-state index in [1.807, 2.05) is 24.3 Å². The minimum atomic E-state index is -0.166. The second-order valence-electron chi connectivity index (χ2n) is 6.77. The van der Waals surface area contributed by atoms with Crippen LogP contribution < -0.4 is 4.90 Å². The fraction of sp³-hybridized carbons (Fsp3) is 0.263. The summed E-state index contributed by atoms with van der Waals surface area (Å²) in [5.74, 6) is 0.760. The Labute approximate surface area is 158 Å². The number of aliphatic hydroxyl groups excluding tert-OH is 1. The Bertz CT molecular complexity index is 1090.